The standard InChI is InChI=1S/C16H20N2O2/c1-11-3-6-14-12(9-11)10-15(20-14)16(19)18-8-2-7-17-13-4-5-13/h3,6,9-10,13,17H,2,4-5,7-8H2,1H3,(H,18,19). The van der Waals surface area contributed by atoms with E-state index < -0.39 is 0 Å². The highest BCUT2D eigenvalue weighted by atomic mass is 16.3. The van der Waals surface area contributed by atoms with Crippen molar-refractivity contribution in [2.75, 3.05) is 13.1 Å². The van der Waals surface area contributed by atoms with Crippen LogP contribution in [0.1, 0.15) is 35.4 Å². The van der Waals surface area contributed by atoms with E-state index in [1.54, 1.807) is 6.07 Å². The lowest BCUT2D eigenvalue weighted by Gasteiger charge is -2.03. The summed E-state index contributed by atoms with van der Waals surface area (Å²) in [6.07, 6.45) is 3.54. The SMILES string of the molecule is Cc1ccc2oc(C(=O)NCCCNC3CC3)cc2c1. The van der Waals surface area contributed by atoms with E-state index in [1.165, 1.54) is 12.8 Å². The van der Waals surface area contributed by atoms with Gasteiger partial charge in [0.05, 0.1) is 0 Å². The summed E-state index contributed by atoms with van der Waals surface area (Å²) in [5, 5.41) is 7.30. The summed E-state index contributed by atoms with van der Waals surface area (Å²) >= 11 is 0. The Morgan fingerprint density at radius 2 is 2.15 bits per heavy atom. The van der Waals surface area contributed by atoms with E-state index in [4.69, 9.17) is 4.42 Å². The first-order chi connectivity index (χ1) is 9.72. The van der Waals surface area contributed by atoms with Gasteiger partial charge < -0.3 is 15.1 Å². The van der Waals surface area contributed by atoms with Crippen molar-refractivity contribution >= 4 is 16.9 Å². The number of aryl methyl sites for hydroxylation is 1. The Labute approximate surface area is 118 Å². The zero-order valence-electron chi connectivity index (χ0n) is 11.7. The largest absolute Gasteiger partial charge is 0.451 e. The Morgan fingerprint density at radius 3 is 2.95 bits per heavy atom. The maximum atomic E-state index is 12.0. The van der Waals surface area contributed by atoms with E-state index in [9.17, 15) is 4.79 Å². The third-order valence-corrected chi connectivity index (χ3v) is 3.55. The highest BCUT2D eigenvalue weighted by molar-refractivity contribution is 5.96. The smallest absolute Gasteiger partial charge is 0.287 e. The highest BCUT2D eigenvalue weighted by Gasteiger charge is 2.19. The number of carbonyl (C=O) groups is 1. The summed E-state index contributed by atoms with van der Waals surface area (Å²) in [6, 6.07) is 8.44. The van der Waals surface area contributed by atoms with Crippen LogP contribution in [0.2, 0.25) is 0 Å². The molecule has 3 rings (SSSR count). The van der Waals surface area contributed by atoms with Crippen molar-refractivity contribution in [1.29, 1.82) is 0 Å². The fourth-order valence-electron chi connectivity index (χ4n) is 2.25. The lowest BCUT2D eigenvalue weighted by Crippen LogP contribution is -2.27. The molecule has 4 nitrogen and oxygen atoms in total. The van der Waals surface area contributed by atoms with Crippen molar-refractivity contribution in [3.63, 3.8) is 0 Å². The zero-order chi connectivity index (χ0) is 13.9. The highest BCUT2D eigenvalue weighted by Crippen LogP contribution is 2.20. The number of benzene rings is 1. The van der Waals surface area contributed by atoms with Gasteiger partial charge in [0.25, 0.3) is 5.91 Å². The third kappa shape index (κ3) is 3.20. The maximum absolute atomic E-state index is 12.0. The minimum Gasteiger partial charge on any atom is -0.451 e. The molecule has 0 spiro atoms. The van der Waals surface area contributed by atoms with E-state index in [-0.39, 0.29) is 5.91 Å². The van der Waals surface area contributed by atoms with Crippen LogP contribution < -0.4 is 10.6 Å². The van der Waals surface area contributed by atoms with E-state index in [0.29, 0.717) is 12.3 Å². The van der Waals surface area contributed by atoms with Gasteiger partial charge in [0.15, 0.2) is 5.76 Å². The summed E-state index contributed by atoms with van der Waals surface area (Å²) < 4.78 is 5.56. The number of fused-ring (bicyclic) bond motifs is 1. The molecule has 0 saturated heterocycles. The molecule has 0 atom stereocenters. The second-order valence-electron chi connectivity index (χ2n) is 5.49. The number of rotatable bonds is 6. The second-order valence-corrected chi connectivity index (χ2v) is 5.49. The molecule has 1 heterocycles. The number of hydrogen-bond acceptors (Lipinski definition) is 3. The van der Waals surface area contributed by atoms with E-state index in [2.05, 4.69) is 10.6 Å². The van der Waals surface area contributed by atoms with Crippen LogP contribution >= 0.6 is 0 Å². The molecule has 2 aromatic rings. The predicted octanol–water partition coefficient (Wildman–Crippen LogP) is 2.61. The van der Waals surface area contributed by atoms with E-state index >= 15 is 0 Å². The molecular weight excluding hydrogens is 252 g/mol. The molecule has 1 aliphatic rings. The van der Waals surface area contributed by atoms with Crippen LogP contribution in [-0.2, 0) is 0 Å². The van der Waals surface area contributed by atoms with Crippen molar-refractivity contribution in [3.05, 3.63) is 35.6 Å². The van der Waals surface area contributed by atoms with Crippen LogP contribution in [0.15, 0.2) is 28.7 Å². The first-order valence-corrected chi connectivity index (χ1v) is 7.24. The summed E-state index contributed by atoms with van der Waals surface area (Å²) in [4.78, 5) is 12.0. The Bertz CT molecular complexity index is 614. The molecule has 0 bridgehead atoms. The van der Waals surface area contributed by atoms with Crippen LogP contribution in [0.25, 0.3) is 11.0 Å². The van der Waals surface area contributed by atoms with Crippen LogP contribution in [-0.4, -0.2) is 25.0 Å². The Hall–Kier alpha value is -1.81. The van der Waals surface area contributed by atoms with Gasteiger partial charge in [-0.25, -0.2) is 0 Å². The van der Waals surface area contributed by atoms with Gasteiger partial charge in [-0.2, -0.15) is 0 Å². The Kier molecular flexibility index (Phi) is 3.74. The lowest BCUT2D eigenvalue weighted by molar-refractivity contribution is 0.0927. The van der Waals surface area contributed by atoms with Crippen molar-refractivity contribution in [3.8, 4) is 0 Å². The van der Waals surface area contributed by atoms with Crippen LogP contribution in [0, 0.1) is 6.92 Å². The summed E-state index contributed by atoms with van der Waals surface area (Å²) in [5.74, 6) is 0.256. The quantitative estimate of drug-likeness (QED) is 0.795. The van der Waals surface area contributed by atoms with Gasteiger partial charge in [0.1, 0.15) is 5.58 Å². The van der Waals surface area contributed by atoms with Crippen LogP contribution in [0.3, 0.4) is 0 Å². The van der Waals surface area contributed by atoms with Crippen LogP contribution in [0.4, 0.5) is 0 Å². The average Bonchev–Trinajstić information content (AvgIpc) is 3.15. The topological polar surface area (TPSA) is 54.3 Å². The van der Waals surface area contributed by atoms with Crippen LogP contribution in [0.5, 0.6) is 0 Å². The Balaban J connectivity index is 1.52. The van der Waals surface area contributed by atoms with Crippen molar-refractivity contribution < 1.29 is 9.21 Å². The normalized spacial score (nSPS) is 14.7. The molecule has 1 aromatic carbocycles. The summed E-state index contributed by atoms with van der Waals surface area (Å²) in [7, 11) is 0. The predicted molar refractivity (Wildman–Crippen MR) is 78.9 cm³/mol. The fraction of sp³-hybridized carbons (Fsp3) is 0.438. The minimum atomic E-state index is -0.134. The molecule has 106 valence electrons. The van der Waals surface area contributed by atoms with Gasteiger partial charge in [-0.3, -0.25) is 4.79 Å². The Morgan fingerprint density at radius 1 is 1.30 bits per heavy atom. The van der Waals surface area contributed by atoms with Gasteiger partial charge in [-0.15, -0.1) is 0 Å². The fourth-order valence-corrected chi connectivity index (χ4v) is 2.25. The number of nitrogens with one attached hydrogen (secondary N) is 2. The molecule has 1 fully saturated rings. The molecule has 20 heavy (non-hydrogen) atoms. The molecule has 1 aromatic heterocycles. The second kappa shape index (κ2) is 5.67. The number of carbonyl (C=O) groups excluding carboxylic acids is 1. The zero-order valence-corrected chi connectivity index (χ0v) is 11.7. The molecule has 1 amide bonds. The first-order valence-electron chi connectivity index (χ1n) is 7.24. The van der Waals surface area contributed by atoms with Crippen molar-refractivity contribution in [1.82, 2.24) is 10.6 Å². The average molecular weight is 272 g/mol. The summed E-state index contributed by atoms with van der Waals surface area (Å²) in [6.45, 7) is 3.66. The molecule has 2 N–H and O–H groups in total. The van der Waals surface area contributed by atoms with Gasteiger partial charge in [0.2, 0.25) is 0 Å². The van der Waals surface area contributed by atoms with Gasteiger partial charge in [-0.1, -0.05) is 11.6 Å². The van der Waals surface area contributed by atoms with Crippen molar-refractivity contribution in [2.45, 2.75) is 32.2 Å². The van der Waals surface area contributed by atoms with Crippen molar-refractivity contribution in [2.24, 2.45) is 0 Å². The molecule has 1 aliphatic carbocycles. The van der Waals surface area contributed by atoms with E-state index in [1.807, 2.05) is 25.1 Å². The number of hydrogen-bond donors (Lipinski definition) is 2. The molecule has 1 saturated carbocycles. The van der Waals surface area contributed by atoms with E-state index in [0.717, 1.165) is 35.5 Å². The number of amides is 1. The lowest BCUT2D eigenvalue weighted by atomic mass is 10.2. The minimum absolute atomic E-state index is 0.134. The maximum Gasteiger partial charge on any atom is 0.287 e. The molecule has 0 radical (unpaired) electrons. The first kappa shape index (κ1) is 13.2. The molecule has 0 aliphatic heterocycles. The molecular formula is C16H20N2O2. The van der Waals surface area contributed by atoms with Gasteiger partial charge >= 0.3 is 0 Å². The number of furan rings is 1. The third-order valence-electron chi connectivity index (χ3n) is 3.55. The molecule has 4 heteroatoms. The van der Waals surface area contributed by atoms with Gasteiger partial charge in [0, 0.05) is 18.0 Å². The summed E-state index contributed by atoms with van der Waals surface area (Å²) in [5.41, 5.74) is 1.92. The van der Waals surface area contributed by atoms with Gasteiger partial charge in [-0.05, 0) is 50.9 Å². The molecule has 0 unspecified atom stereocenters. The monoisotopic (exact) mass is 272 g/mol.